The van der Waals surface area contributed by atoms with E-state index in [1.54, 1.807) is 36.7 Å². The van der Waals surface area contributed by atoms with Gasteiger partial charge in [-0.15, -0.1) is 0 Å². The SMILES string of the molecule is Nc1cccc(N)c1-c1nccc(-c2ccccn2)n1. The summed E-state index contributed by atoms with van der Waals surface area (Å²) in [6.45, 7) is 0. The Balaban J connectivity index is 2.13. The van der Waals surface area contributed by atoms with Gasteiger partial charge < -0.3 is 11.5 Å². The van der Waals surface area contributed by atoms with E-state index < -0.39 is 0 Å². The van der Waals surface area contributed by atoms with Crippen molar-refractivity contribution in [3.05, 3.63) is 54.9 Å². The Morgan fingerprint density at radius 2 is 1.50 bits per heavy atom. The lowest BCUT2D eigenvalue weighted by Gasteiger charge is -2.08. The predicted octanol–water partition coefficient (Wildman–Crippen LogP) is 2.37. The van der Waals surface area contributed by atoms with Crippen LogP contribution in [0, 0.1) is 0 Å². The molecule has 0 amide bonds. The van der Waals surface area contributed by atoms with Crippen molar-refractivity contribution >= 4 is 11.4 Å². The van der Waals surface area contributed by atoms with Crippen LogP contribution in [-0.2, 0) is 0 Å². The first kappa shape index (κ1) is 12.1. The Morgan fingerprint density at radius 1 is 0.700 bits per heavy atom. The van der Waals surface area contributed by atoms with Crippen LogP contribution >= 0.6 is 0 Å². The first-order valence-corrected chi connectivity index (χ1v) is 6.14. The first-order chi connectivity index (χ1) is 9.75. The largest absolute Gasteiger partial charge is 0.398 e. The van der Waals surface area contributed by atoms with Crippen molar-refractivity contribution < 1.29 is 0 Å². The Kier molecular flexibility index (Phi) is 3.01. The van der Waals surface area contributed by atoms with Crippen molar-refractivity contribution in [2.24, 2.45) is 0 Å². The molecule has 20 heavy (non-hydrogen) atoms. The number of rotatable bonds is 2. The van der Waals surface area contributed by atoms with Crippen LogP contribution in [0.25, 0.3) is 22.8 Å². The zero-order chi connectivity index (χ0) is 13.9. The number of anilines is 2. The number of aromatic nitrogens is 3. The normalized spacial score (nSPS) is 10.4. The molecule has 0 saturated carbocycles. The van der Waals surface area contributed by atoms with Gasteiger partial charge >= 0.3 is 0 Å². The van der Waals surface area contributed by atoms with E-state index in [-0.39, 0.29) is 0 Å². The van der Waals surface area contributed by atoms with Gasteiger partial charge in [0.05, 0.1) is 17.0 Å². The second-order valence-corrected chi connectivity index (χ2v) is 4.29. The van der Waals surface area contributed by atoms with Gasteiger partial charge in [0, 0.05) is 23.8 Å². The summed E-state index contributed by atoms with van der Waals surface area (Å²) in [6, 6.07) is 12.8. The van der Waals surface area contributed by atoms with Gasteiger partial charge in [-0.3, -0.25) is 4.98 Å². The van der Waals surface area contributed by atoms with E-state index in [2.05, 4.69) is 15.0 Å². The van der Waals surface area contributed by atoms with Crippen LogP contribution in [0.5, 0.6) is 0 Å². The Hall–Kier alpha value is -2.95. The van der Waals surface area contributed by atoms with Crippen LogP contribution in [0.15, 0.2) is 54.9 Å². The molecule has 5 heteroatoms. The van der Waals surface area contributed by atoms with Crippen LogP contribution in [0.3, 0.4) is 0 Å². The van der Waals surface area contributed by atoms with Crippen molar-refractivity contribution in [3.8, 4) is 22.8 Å². The Morgan fingerprint density at radius 3 is 2.20 bits per heavy atom. The van der Waals surface area contributed by atoms with E-state index in [0.29, 0.717) is 22.8 Å². The van der Waals surface area contributed by atoms with E-state index in [1.807, 2.05) is 18.2 Å². The Labute approximate surface area is 116 Å². The van der Waals surface area contributed by atoms with E-state index in [4.69, 9.17) is 11.5 Å². The molecule has 5 nitrogen and oxygen atoms in total. The maximum atomic E-state index is 5.97. The third kappa shape index (κ3) is 2.16. The summed E-state index contributed by atoms with van der Waals surface area (Å²) in [5.74, 6) is 0.503. The summed E-state index contributed by atoms with van der Waals surface area (Å²) >= 11 is 0. The summed E-state index contributed by atoms with van der Waals surface area (Å²) in [5.41, 5.74) is 15.2. The molecular formula is C15H13N5. The number of benzene rings is 1. The molecule has 0 fully saturated rings. The summed E-state index contributed by atoms with van der Waals surface area (Å²) in [7, 11) is 0. The van der Waals surface area contributed by atoms with Crippen LogP contribution in [0.2, 0.25) is 0 Å². The third-order valence-corrected chi connectivity index (χ3v) is 2.94. The minimum atomic E-state index is 0.503. The molecule has 0 bridgehead atoms. The maximum Gasteiger partial charge on any atom is 0.164 e. The molecule has 2 aromatic heterocycles. The smallest absolute Gasteiger partial charge is 0.164 e. The monoisotopic (exact) mass is 263 g/mol. The fraction of sp³-hybridized carbons (Fsp3) is 0. The minimum Gasteiger partial charge on any atom is -0.398 e. The fourth-order valence-corrected chi connectivity index (χ4v) is 1.98. The highest BCUT2D eigenvalue weighted by atomic mass is 14.9. The summed E-state index contributed by atoms with van der Waals surface area (Å²) in [5, 5.41) is 0. The molecule has 0 aliphatic rings. The molecule has 0 saturated heterocycles. The van der Waals surface area contributed by atoms with Gasteiger partial charge in [-0.05, 0) is 30.3 Å². The molecule has 3 rings (SSSR count). The molecule has 0 spiro atoms. The molecular weight excluding hydrogens is 250 g/mol. The summed E-state index contributed by atoms with van der Waals surface area (Å²) in [6.07, 6.45) is 3.40. The van der Waals surface area contributed by atoms with Gasteiger partial charge in [-0.1, -0.05) is 12.1 Å². The van der Waals surface area contributed by atoms with E-state index in [1.165, 1.54) is 0 Å². The molecule has 0 atom stereocenters. The predicted molar refractivity (Wildman–Crippen MR) is 79.5 cm³/mol. The zero-order valence-corrected chi connectivity index (χ0v) is 10.7. The average Bonchev–Trinajstić information content (AvgIpc) is 2.48. The average molecular weight is 263 g/mol. The third-order valence-electron chi connectivity index (χ3n) is 2.94. The molecule has 3 aromatic rings. The minimum absolute atomic E-state index is 0.503. The van der Waals surface area contributed by atoms with E-state index in [9.17, 15) is 0 Å². The number of pyridine rings is 1. The molecule has 98 valence electrons. The highest BCUT2D eigenvalue weighted by molar-refractivity contribution is 5.83. The van der Waals surface area contributed by atoms with Gasteiger partial charge in [0.2, 0.25) is 0 Å². The van der Waals surface area contributed by atoms with Gasteiger partial charge in [-0.2, -0.15) is 0 Å². The van der Waals surface area contributed by atoms with Gasteiger partial charge in [0.25, 0.3) is 0 Å². The van der Waals surface area contributed by atoms with Crippen LogP contribution in [-0.4, -0.2) is 15.0 Å². The van der Waals surface area contributed by atoms with Crippen molar-refractivity contribution in [1.29, 1.82) is 0 Å². The van der Waals surface area contributed by atoms with Gasteiger partial charge in [-0.25, -0.2) is 9.97 Å². The fourth-order valence-electron chi connectivity index (χ4n) is 1.98. The second kappa shape index (κ2) is 4.97. The summed E-state index contributed by atoms with van der Waals surface area (Å²) < 4.78 is 0. The van der Waals surface area contributed by atoms with Crippen molar-refractivity contribution in [2.45, 2.75) is 0 Å². The Bertz CT molecular complexity index is 720. The molecule has 0 aliphatic carbocycles. The van der Waals surface area contributed by atoms with Crippen molar-refractivity contribution in [3.63, 3.8) is 0 Å². The van der Waals surface area contributed by atoms with Crippen LogP contribution < -0.4 is 11.5 Å². The number of hydrogen-bond donors (Lipinski definition) is 2. The molecule has 1 aromatic carbocycles. The summed E-state index contributed by atoms with van der Waals surface area (Å²) in [4.78, 5) is 13.0. The van der Waals surface area contributed by atoms with Gasteiger partial charge in [0.1, 0.15) is 0 Å². The number of hydrogen-bond acceptors (Lipinski definition) is 5. The molecule has 0 aliphatic heterocycles. The second-order valence-electron chi connectivity index (χ2n) is 4.29. The maximum absolute atomic E-state index is 5.97. The topological polar surface area (TPSA) is 90.7 Å². The van der Waals surface area contributed by atoms with Gasteiger partial charge in [0.15, 0.2) is 5.82 Å². The highest BCUT2D eigenvalue weighted by Crippen LogP contribution is 2.29. The number of nitrogens with two attached hydrogens (primary N) is 2. The quantitative estimate of drug-likeness (QED) is 0.693. The van der Waals surface area contributed by atoms with Crippen molar-refractivity contribution in [1.82, 2.24) is 15.0 Å². The lowest BCUT2D eigenvalue weighted by molar-refractivity contribution is 1.16. The molecule has 0 radical (unpaired) electrons. The number of nitrogen functional groups attached to an aromatic ring is 2. The first-order valence-electron chi connectivity index (χ1n) is 6.14. The van der Waals surface area contributed by atoms with Crippen LogP contribution in [0.4, 0.5) is 11.4 Å². The molecule has 2 heterocycles. The standard InChI is InChI=1S/C15H13N5/c16-10-4-3-5-11(17)14(10)15-19-9-7-13(20-15)12-6-1-2-8-18-12/h1-9H,16-17H2. The highest BCUT2D eigenvalue weighted by Gasteiger charge is 2.11. The zero-order valence-electron chi connectivity index (χ0n) is 10.7. The number of nitrogens with zero attached hydrogens (tertiary/aromatic N) is 3. The van der Waals surface area contributed by atoms with E-state index in [0.717, 1.165) is 11.4 Å². The molecule has 4 N–H and O–H groups in total. The lowest BCUT2D eigenvalue weighted by Crippen LogP contribution is -2.00. The van der Waals surface area contributed by atoms with Crippen molar-refractivity contribution in [2.75, 3.05) is 11.5 Å². The van der Waals surface area contributed by atoms with E-state index >= 15 is 0 Å². The van der Waals surface area contributed by atoms with Crippen LogP contribution in [0.1, 0.15) is 0 Å². The molecule has 0 unspecified atom stereocenters. The lowest BCUT2D eigenvalue weighted by atomic mass is 10.1.